The number of hydrogen-bond acceptors (Lipinski definition) is 5. The molecule has 2 aromatic rings. The van der Waals surface area contributed by atoms with Crippen molar-refractivity contribution in [2.45, 2.75) is 52.5 Å². The van der Waals surface area contributed by atoms with Crippen molar-refractivity contribution in [3.8, 4) is 5.75 Å². The fraction of sp³-hybridized carbons (Fsp3) is 0.429. The molecule has 0 unspecified atom stereocenters. The zero-order valence-electron chi connectivity index (χ0n) is 16.4. The Morgan fingerprint density at radius 1 is 1.15 bits per heavy atom. The minimum atomic E-state index is -0.753. The highest BCUT2D eigenvalue weighted by Crippen LogP contribution is 2.41. The van der Waals surface area contributed by atoms with E-state index in [-0.39, 0.29) is 17.7 Å². The molecule has 6 heteroatoms. The van der Waals surface area contributed by atoms with Gasteiger partial charge >= 0.3 is 11.9 Å². The number of aromatic nitrogens is 1. The highest BCUT2D eigenvalue weighted by Gasteiger charge is 2.33. The molecule has 1 aromatic heterocycles. The Balaban J connectivity index is 2.56. The number of benzene rings is 1. The van der Waals surface area contributed by atoms with Crippen LogP contribution in [0.1, 0.15) is 60.8 Å². The first-order valence-corrected chi connectivity index (χ1v) is 9.28. The lowest BCUT2D eigenvalue weighted by Crippen LogP contribution is -2.25. The van der Waals surface area contributed by atoms with E-state index in [0.29, 0.717) is 12.2 Å². The summed E-state index contributed by atoms with van der Waals surface area (Å²) in [5.74, 6) is -1.19. The van der Waals surface area contributed by atoms with Crippen LogP contribution in [0.3, 0.4) is 0 Å². The van der Waals surface area contributed by atoms with Gasteiger partial charge in [-0.25, -0.2) is 4.79 Å². The quantitative estimate of drug-likeness (QED) is 0.574. The van der Waals surface area contributed by atoms with E-state index in [4.69, 9.17) is 10.5 Å². The molecule has 0 atom stereocenters. The van der Waals surface area contributed by atoms with Crippen molar-refractivity contribution in [2.75, 3.05) is 6.54 Å². The smallest absolute Gasteiger partial charge is 0.362 e. The third kappa shape index (κ3) is 3.90. The predicted molar refractivity (Wildman–Crippen MR) is 104 cm³/mol. The number of aromatic hydroxyl groups is 1. The van der Waals surface area contributed by atoms with Gasteiger partial charge in [-0.2, -0.15) is 0 Å². The van der Waals surface area contributed by atoms with E-state index in [1.807, 2.05) is 32.2 Å². The number of nitrogens with two attached hydrogens (primary N) is 1. The molecule has 1 heterocycles. The summed E-state index contributed by atoms with van der Waals surface area (Å²) in [6.45, 7) is 8.23. The number of aryl methyl sites for hydroxylation is 2. The van der Waals surface area contributed by atoms with Gasteiger partial charge in [0.05, 0.1) is 6.54 Å². The third-order valence-electron chi connectivity index (χ3n) is 5.33. The Bertz CT molecular complexity index is 835. The van der Waals surface area contributed by atoms with Gasteiger partial charge in [-0.1, -0.05) is 26.0 Å². The second kappa shape index (κ2) is 8.39. The number of phenolic OH excluding ortho intramolecular Hbond substituents is 1. The number of hydrogen-bond donors (Lipinski definition) is 2. The fourth-order valence-electron chi connectivity index (χ4n) is 3.59. The first-order valence-electron chi connectivity index (χ1n) is 9.28. The van der Waals surface area contributed by atoms with Gasteiger partial charge in [0.25, 0.3) is 0 Å². The number of ether oxygens (including phenoxy) is 1. The van der Waals surface area contributed by atoms with Gasteiger partial charge < -0.3 is 20.1 Å². The zero-order chi connectivity index (χ0) is 20.2. The van der Waals surface area contributed by atoms with E-state index in [1.54, 1.807) is 16.7 Å². The standard InChI is InChI=1S/C21H28N2O4/c1-5-21(6-2,15-8-9-18(24)14(4)10-15)16-11-17(23(7-3)13-16)20(26)27-19(25)12-22/h8-11,13,24H,5-7,12,22H2,1-4H3. The monoisotopic (exact) mass is 372 g/mol. The lowest BCUT2D eigenvalue weighted by atomic mass is 9.71. The highest BCUT2D eigenvalue weighted by molar-refractivity contribution is 5.96. The van der Waals surface area contributed by atoms with Gasteiger partial charge in [-0.15, -0.1) is 0 Å². The minimum absolute atomic E-state index is 0.260. The van der Waals surface area contributed by atoms with Crippen LogP contribution in [0.15, 0.2) is 30.5 Å². The molecule has 1 aromatic carbocycles. The number of carbonyl (C=O) groups is 2. The number of phenols is 1. The molecule has 0 radical (unpaired) electrons. The molecule has 0 bridgehead atoms. The number of esters is 2. The maximum atomic E-state index is 12.4. The topological polar surface area (TPSA) is 94.5 Å². The predicted octanol–water partition coefficient (Wildman–Crippen LogP) is 3.27. The third-order valence-corrected chi connectivity index (χ3v) is 5.33. The number of carbonyl (C=O) groups excluding carboxylic acids is 2. The molecule has 0 aliphatic rings. The Hall–Kier alpha value is -2.60. The van der Waals surface area contributed by atoms with Gasteiger partial charge in [0.15, 0.2) is 0 Å². The van der Waals surface area contributed by atoms with E-state index in [1.165, 1.54) is 0 Å². The SMILES string of the molecule is CCn1cc(C(CC)(CC)c2ccc(O)c(C)c2)cc1C(=O)OC(=O)CN. The van der Waals surface area contributed by atoms with Crippen LogP contribution in [0.4, 0.5) is 0 Å². The molecule has 0 spiro atoms. The van der Waals surface area contributed by atoms with E-state index in [0.717, 1.165) is 29.5 Å². The molecule has 0 saturated carbocycles. The zero-order valence-corrected chi connectivity index (χ0v) is 16.4. The van der Waals surface area contributed by atoms with Crippen LogP contribution >= 0.6 is 0 Å². The van der Waals surface area contributed by atoms with Gasteiger partial charge in [-0.3, -0.25) is 4.79 Å². The van der Waals surface area contributed by atoms with Crippen LogP contribution in [0.5, 0.6) is 5.75 Å². The average molecular weight is 372 g/mol. The average Bonchev–Trinajstić information content (AvgIpc) is 3.10. The van der Waals surface area contributed by atoms with Crippen molar-refractivity contribution in [3.63, 3.8) is 0 Å². The fourth-order valence-corrected chi connectivity index (χ4v) is 3.59. The van der Waals surface area contributed by atoms with Gasteiger partial charge in [-0.05, 0) is 55.5 Å². The second-order valence-electron chi connectivity index (χ2n) is 6.66. The van der Waals surface area contributed by atoms with Crippen LogP contribution in [-0.4, -0.2) is 28.2 Å². The van der Waals surface area contributed by atoms with Crippen molar-refractivity contribution in [2.24, 2.45) is 5.73 Å². The Morgan fingerprint density at radius 2 is 1.81 bits per heavy atom. The van der Waals surface area contributed by atoms with Crippen LogP contribution in [0.2, 0.25) is 0 Å². The first kappa shape index (κ1) is 20.7. The molecule has 27 heavy (non-hydrogen) atoms. The van der Waals surface area contributed by atoms with E-state index < -0.39 is 11.9 Å². The summed E-state index contributed by atoms with van der Waals surface area (Å²) in [6.07, 6.45) is 3.58. The molecule has 146 valence electrons. The summed E-state index contributed by atoms with van der Waals surface area (Å²) >= 11 is 0. The Kier molecular flexibility index (Phi) is 6.44. The van der Waals surface area contributed by atoms with Crippen LogP contribution in [-0.2, 0) is 21.5 Å². The van der Waals surface area contributed by atoms with Gasteiger partial charge in [0.2, 0.25) is 0 Å². The molecule has 0 fully saturated rings. The van der Waals surface area contributed by atoms with Crippen molar-refractivity contribution < 1.29 is 19.4 Å². The summed E-state index contributed by atoms with van der Waals surface area (Å²) < 4.78 is 6.59. The first-order chi connectivity index (χ1) is 12.8. The van der Waals surface area contributed by atoms with Crippen molar-refractivity contribution in [1.29, 1.82) is 0 Å². The molecule has 0 saturated heterocycles. The van der Waals surface area contributed by atoms with Crippen molar-refractivity contribution in [3.05, 3.63) is 52.8 Å². The lowest BCUT2D eigenvalue weighted by molar-refractivity contribution is -0.136. The van der Waals surface area contributed by atoms with E-state index >= 15 is 0 Å². The summed E-state index contributed by atoms with van der Waals surface area (Å²) in [5.41, 5.74) is 8.11. The molecule has 0 amide bonds. The highest BCUT2D eigenvalue weighted by atomic mass is 16.6. The van der Waals surface area contributed by atoms with Crippen LogP contribution in [0.25, 0.3) is 0 Å². The number of rotatable bonds is 7. The molecule has 0 aliphatic carbocycles. The Morgan fingerprint density at radius 3 is 2.33 bits per heavy atom. The van der Waals surface area contributed by atoms with Crippen molar-refractivity contribution in [1.82, 2.24) is 4.57 Å². The molecular formula is C21H28N2O4. The van der Waals surface area contributed by atoms with E-state index in [9.17, 15) is 14.7 Å². The number of nitrogens with zero attached hydrogens (tertiary/aromatic N) is 1. The minimum Gasteiger partial charge on any atom is -0.508 e. The summed E-state index contributed by atoms with van der Waals surface area (Å²) in [6, 6.07) is 7.41. The van der Waals surface area contributed by atoms with E-state index in [2.05, 4.69) is 13.8 Å². The normalized spacial score (nSPS) is 11.4. The molecular weight excluding hydrogens is 344 g/mol. The molecule has 2 rings (SSSR count). The lowest BCUT2D eigenvalue weighted by Gasteiger charge is -2.32. The maximum absolute atomic E-state index is 12.4. The molecule has 6 nitrogen and oxygen atoms in total. The van der Waals surface area contributed by atoms with Gasteiger partial charge in [0.1, 0.15) is 11.4 Å². The van der Waals surface area contributed by atoms with Crippen LogP contribution < -0.4 is 5.73 Å². The maximum Gasteiger partial charge on any atom is 0.362 e. The van der Waals surface area contributed by atoms with Crippen LogP contribution in [0, 0.1) is 6.92 Å². The summed E-state index contributed by atoms with van der Waals surface area (Å²) in [5, 5.41) is 9.88. The van der Waals surface area contributed by atoms with Crippen molar-refractivity contribution >= 4 is 11.9 Å². The summed E-state index contributed by atoms with van der Waals surface area (Å²) in [7, 11) is 0. The Labute approximate surface area is 159 Å². The molecule has 3 N–H and O–H groups in total. The molecule has 0 aliphatic heterocycles. The second-order valence-corrected chi connectivity index (χ2v) is 6.66. The van der Waals surface area contributed by atoms with Gasteiger partial charge in [0, 0.05) is 18.2 Å². The summed E-state index contributed by atoms with van der Waals surface area (Å²) in [4.78, 5) is 23.8. The largest absolute Gasteiger partial charge is 0.508 e.